The van der Waals surface area contributed by atoms with E-state index in [0.717, 1.165) is 37.7 Å². The number of benzene rings is 3. The molecule has 0 radical (unpaired) electrons. The molecule has 1 aliphatic heterocycles. The van der Waals surface area contributed by atoms with E-state index in [2.05, 4.69) is 15.2 Å². The van der Waals surface area contributed by atoms with Crippen LogP contribution in [-0.4, -0.2) is 63.2 Å². The van der Waals surface area contributed by atoms with Crippen molar-refractivity contribution in [1.82, 2.24) is 19.4 Å². The van der Waals surface area contributed by atoms with Crippen molar-refractivity contribution in [2.45, 2.75) is 52.3 Å². The third-order valence-electron chi connectivity index (χ3n) is 8.69. The molecule has 1 saturated heterocycles. The molecule has 3 aromatic carbocycles. The first-order valence-corrected chi connectivity index (χ1v) is 16.9. The van der Waals surface area contributed by atoms with Gasteiger partial charge >= 0.3 is 5.97 Å². The third-order valence-corrected chi connectivity index (χ3v) is 8.69. The SMILES string of the molecule is CC.COCCn1c(CN2CCC(c3cccc(OCc4ccc(C(N)=O)cc4F)n3)CC2)nc2c(F)c(Nc3ccccc3)c(C(=O)O)cc21. The highest BCUT2D eigenvalue weighted by Crippen LogP contribution is 2.33. The van der Waals surface area contributed by atoms with Gasteiger partial charge in [0.25, 0.3) is 0 Å². The lowest BCUT2D eigenvalue weighted by molar-refractivity contribution is 0.0697. The van der Waals surface area contributed by atoms with Gasteiger partial charge in [-0.3, -0.25) is 9.69 Å². The second-order valence-electron chi connectivity index (χ2n) is 11.9. The third kappa shape index (κ3) is 8.67. The molecule has 1 amide bonds. The number of imidazole rings is 1. The number of hydrogen-bond acceptors (Lipinski definition) is 8. The summed E-state index contributed by atoms with van der Waals surface area (Å²) in [4.78, 5) is 35.2. The number of aromatic nitrogens is 3. The number of nitrogens with one attached hydrogen (secondary N) is 1. The van der Waals surface area contributed by atoms with Gasteiger partial charge in [0.1, 0.15) is 23.8 Å². The second-order valence-corrected chi connectivity index (χ2v) is 11.9. The molecule has 13 heteroatoms. The lowest BCUT2D eigenvalue weighted by Crippen LogP contribution is -2.33. The summed E-state index contributed by atoms with van der Waals surface area (Å²) < 4.78 is 43.4. The van der Waals surface area contributed by atoms with E-state index in [1.54, 1.807) is 37.4 Å². The predicted octanol–water partition coefficient (Wildman–Crippen LogP) is 6.88. The van der Waals surface area contributed by atoms with E-state index < -0.39 is 23.5 Å². The largest absolute Gasteiger partial charge is 0.478 e. The lowest BCUT2D eigenvalue weighted by Gasteiger charge is -2.31. The number of carboxylic acid groups (broad SMARTS) is 1. The summed E-state index contributed by atoms with van der Waals surface area (Å²) in [5.41, 5.74) is 7.18. The molecule has 0 atom stereocenters. The molecular weight excluding hydrogens is 658 g/mol. The molecule has 1 aliphatic rings. The fraction of sp³-hybridized carbons (Fsp3) is 0.316. The van der Waals surface area contributed by atoms with Crippen LogP contribution in [0.4, 0.5) is 20.2 Å². The van der Waals surface area contributed by atoms with Crippen LogP contribution in [0.1, 0.15) is 70.4 Å². The van der Waals surface area contributed by atoms with E-state index in [-0.39, 0.29) is 40.4 Å². The van der Waals surface area contributed by atoms with Crippen LogP contribution in [0.15, 0.2) is 72.8 Å². The first-order valence-electron chi connectivity index (χ1n) is 16.9. The highest BCUT2D eigenvalue weighted by atomic mass is 19.1. The fourth-order valence-corrected chi connectivity index (χ4v) is 6.07. The highest BCUT2D eigenvalue weighted by molar-refractivity contribution is 6.00. The van der Waals surface area contributed by atoms with Crippen molar-refractivity contribution in [3.8, 4) is 5.88 Å². The number of hydrogen-bond donors (Lipinski definition) is 3. The number of carboxylic acids is 1. The van der Waals surface area contributed by atoms with Crippen LogP contribution in [0.2, 0.25) is 0 Å². The number of amides is 1. The van der Waals surface area contributed by atoms with Crippen LogP contribution >= 0.6 is 0 Å². The molecule has 11 nitrogen and oxygen atoms in total. The van der Waals surface area contributed by atoms with Crippen LogP contribution < -0.4 is 15.8 Å². The van der Waals surface area contributed by atoms with Crippen LogP contribution in [0.3, 0.4) is 0 Å². The van der Waals surface area contributed by atoms with Crippen molar-refractivity contribution in [2.24, 2.45) is 5.73 Å². The number of carbonyl (C=O) groups is 2. The molecule has 0 aliphatic carbocycles. The van der Waals surface area contributed by atoms with E-state index >= 15 is 4.39 Å². The number of aromatic carboxylic acids is 1. The summed E-state index contributed by atoms with van der Waals surface area (Å²) >= 11 is 0. The summed E-state index contributed by atoms with van der Waals surface area (Å²) in [6.07, 6.45) is 1.61. The van der Waals surface area contributed by atoms with Gasteiger partial charge in [0.15, 0.2) is 5.82 Å². The Morgan fingerprint density at radius 3 is 2.41 bits per heavy atom. The zero-order valence-corrected chi connectivity index (χ0v) is 28.9. The molecule has 51 heavy (non-hydrogen) atoms. The Labute approximate surface area is 295 Å². The maximum atomic E-state index is 16.1. The van der Waals surface area contributed by atoms with Gasteiger partial charge in [0.05, 0.1) is 29.9 Å². The minimum Gasteiger partial charge on any atom is -0.478 e. The van der Waals surface area contributed by atoms with Crippen molar-refractivity contribution in [3.05, 3.63) is 113 Å². The average Bonchev–Trinajstić information content (AvgIpc) is 3.49. The van der Waals surface area contributed by atoms with Crippen molar-refractivity contribution >= 4 is 34.3 Å². The smallest absolute Gasteiger partial charge is 0.338 e. The topological polar surface area (TPSA) is 145 Å². The van der Waals surface area contributed by atoms with Crippen LogP contribution in [0, 0.1) is 11.6 Å². The van der Waals surface area contributed by atoms with Crippen molar-refractivity contribution in [3.63, 3.8) is 0 Å². The highest BCUT2D eigenvalue weighted by Gasteiger charge is 2.27. The van der Waals surface area contributed by atoms with Gasteiger partial charge in [-0.05, 0) is 62.3 Å². The Hall–Kier alpha value is -5.40. The summed E-state index contributed by atoms with van der Waals surface area (Å²) in [7, 11) is 1.57. The molecule has 0 saturated carbocycles. The zero-order valence-electron chi connectivity index (χ0n) is 28.9. The van der Waals surface area contributed by atoms with E-state index in [4.69, 9.17) is 20.2 Å². The normalized spacial score (nSPS) is 13.4. The molecule has 0 unspecified atom stereocenters. The molecule has 0 spiro atoms. The molecular formula is C38H42F2N6O5. The van der Waals surface area contributed by atoms with Crippen LogP contribution in [-0.2, 0) is 24.4 Å². The number of pyridine rings is 1. The summed E-state index contributed by atoms with van der Waals surface area (Å²) in [5.74, 6) is -2.11. The van der Waals surface area contributed by atoms with E-state index in [1.807, 2.05) is 36.6 Å². The number of fused-ring (bicyclic) bond motifs is 1. The summed E-state index contributed by atoms with van der Waals surface area (Å²) in [6.45, 7) is 6.55. The maximum Gasteiger partial charge on any atom is 0.338 e. The molecule has 3 heterocycles. The maximum absolute atomic E-state index is 16.1. The molecule has 4 N–H and O–H groups in total. The Kier molecular flexibility index (Phi) is 12.3. The molecule has 0 bridgehead atoms. The number of para-hydroxylation sites is 1. The summed E-state index contributed by atoms with van der Waals surface area (Å²) in [5, 5.41) is 12.9. The first-order chi connectivity index (χ1) is 24.7. The number of piperidine rings is 1. The van der Waals surface area contributed by atoms with Gasteiger partial charge in [-0.25, -0.2) is 23.5 Å². The van der Waals surface area contributed by atoms with Gasteiger partial charge < -0.3 is 30.2 Å². The Morgan fingerprint density at radius 2 is 1.75 bits per heavy atom. The van der Waals surface area contributed by atoms with Gasteiger partial charge in [-0.1, -0.05) is 44.2 Å². The quantitative estimate of drug-likeness (QED) is 0.120. The number of likely N-dealkylation sites (tertiary alicyclic amines) is 1. The molecule has 268 valence electrons. The predicted molar refractivity (Wildman–Crippen MR) is 190 cm³/mol. The number of carbonyl (C=O) groups excluding carboxylic acids is 1. The Morgan fingerprint density at radius 1 is 1.00 bits per heavy atom. The van der Waals surface area contributed by atoms with Gasteiger partial charge in [0, 0.05) is 48.1 Å². The second kappa shape index (κ2) is 17.0. The van der Waals surface area contributed by atoms with E-state index in [0.29, 0.717) is 42.6 Å². The van der Waals surface area contributed by atoms with Gasteiger partial charge in [-0.15, -0.1) is 0 Å². The monoisotopic (exact) mass is 700 g/mol. The van der Waals surface area contributed by atoms with Crippen LogP contribution in [0.25, 0.3) is 11.0 Å². The van der Waals surface area contributed by atoms with Gasteiger partial charge in [-0.2, -0.15) is 0 Å². The number of nitrogens with two attached hydrogens (primary N) is 1. The molecule has 1 fully saturated rings. The summed E-state index contributed by atoms with van der Waals surface area (Å²) in [6, 6.07) is 19.8. The Bertz CT molecular complexity index is 1980. The van der Waals surface area contributed by atoms with E-state index in [1.165, 1.54) is 18.2 Å². The number of anilines is 2. The first kappa shape index (κ1) is 36.9. The number of halogens is 2. The number of ether oxygens (including phenoxy) is 2. The number of methoxy groups -OCH3 is 1. The van der Waals surface area contributed by atoms with Crippen molar-refractivity contribution in [2.75, 3.05) is 32.1 Å². The minimum atomic E-state index is -1.25. The van der Waals surface area contributed by atoms with Crippen molar-refractivity contribution < 1.29 is 33.0 Å². The average molecular weight is 701 g/mol. The Balaban J connectivity index is 0.00000248. The van der Waals surface area contributed by atoms with Crippen LogP contribution in [0.5, 0.6) is 5.88 Å². The minimum absolute atomic E-state index is 0.0534. The lowest BCUT2D eigenvalue weighted by atomic mass is 9.93. The molecule has 5 aromatic rings. The number of nitrogens with zero attached hydrogens (tertiary/aromatic N) is 4. The number of primary amides is 1. The zero-order chi connectivity index (χ0) is 36.5. The van der Waals surface area contributed by atoms with E-state index in [9.17, 15) is 19.1 Å². The van der Waals surface area contributed by atoms with Crippen molar-refractivity contribution in [1.29, 1.82) is 0 Å². The standard InChI is InChI=1S/C36H36F2N6O5.C2H6/c1-48-17-16-44-29-19-26(36(46)47)33(40-25-6-3-2-4-7-25)32(38)34(29)42-30(44)20-43-14-12-22(13-15-43)28-8-5-9-31(41-28)49-21-24-11-10-23(35(39)45)18-27(24)37;1-2/h2-11,18-19,22,40H,12-17,20-21H2,1H3,(H2,39,45)(H,46,47);1-2H3. The number of rotatable bonds is 13. The molecule has 2 aromatic heterocycles. The fourth-order valence-electron chi connectivity index (χ4n) is 6.07. The van der Waals surface area contributed by atoms with Gasteiger partial charge in [0.2, 0.25) is 11.8 Å². The molecule has 6 rings (SSSR count).